The SMILES string of the molecule is O=C(Nc1cccc2ccccc12)[C@@H]1CN(C(=O)O)C[C@H]1c1ccc(C(F)(F)F)cc1. The molecule has 0 radical (unpaired) electrons. The second-order valence-electron chi connectivity index (χ2n) is 7.54. The van der Waals surface area contributed by atoms with E-state index in [1.54, 1.807) is 6.07 Å². The minimum atomic E-state index is -4.47. The molecule has 2 atom stereocenters. The van der Waals surface area contributed by atoms with Gasteiger partial charge in [-0.15, -0.1) is 0 Å². The summed E-state index contributed by atoms with van der Waals surface area (Å²) in [6, 6.07) is 17.6. The number of hydrogen-bond acceptors (Lipinski definition) is 2. The Morgan fingerprint density at radius 3 is 2.29 bits per heavy atom. The highest BCUT2D eigenvalue weighted by Gasteiger charge is 2.41. The van der Waals surface area contributed by atoms with Crippen molar-refractivity contribution in [2.75, 3.05) is 18.4 Å². The summed E-state index contributed by atoms with van der Waals surface area (Å²) in [4.78, 5) is 25.8. The zero-order valence-corrected chi connectivity index (χ0v) is 16.3. The number of hydrogen-bond donors (Lipinski definition) is 2. The van der Waals surface area contributed by atoms with Crippen molar-refractivity contribution in [3.8, 4) is 0 Å². The van der Waals surface area contributed by atoms with E-state index < -0.39 is 29.7 Å². The zero-order valence-electron chi connectivity index (χ0n) is 16.3. The molecule has 8 heteroatoms. The number of alkyl halides is 3. The number of carbonyl (C=O) groups excluding carboxylic acids is 1. The van der Waals surface area contributed by atoms with Gasteiger partial charge in [-0.05, 0) is 29.1 Å². The third-order valence-corrected chi connectivity index (χ3v) is 5.64. The third kappa shape index (κ3) is 4.19. The van der Waals surface area contributed by atoms with Crippen LogP contribution in [0.4, 0.5) is 23.7 Å². The van der Waals surface area contributed by atoms with Crippen LogP contribution in [-0.2, 0) is 11.0 Å². The summed E-state index contributed by atoms with van der Waals surface area (Å²) >= 11 is 0. The second kappa shape index (κ2) is 7.94. The Labute approximate surface area is 176 Å². The first-order valence-electron chi connectivity index (χ1n) is 9.67. The number of anilines is 1. The molecule has 0 aliphatic carbocycles. The monoisotopic (exact) mass is 428 g/mol. The average molecular weight is 428 g/mol. The molecule has 1 aliphatic heterocycles. The summed E-state index contributed by atoms with van der Waals surface area (Å²) in [7, 11) is 0. The molecule has 1 heterocycles. The molecule has 1 fully saturated rings. The van der Waals surface area contributed by atoms with E-state index >= 15 is 0 Å². The molecule has 3 aromatic carbocycles. The highest BCUT2D eigenvalue weighted by atomic mass is 19.4. The number of benzene rings is 3. The van der Waals surface area contributed by atoms with E-state index in [2.05, 4.69) is 5.32 Å². The van der Waals surface area contributed by atoms with Gasteiger partial charge >= 0.3 is 12.3 Å². The molecular weight excluding hydrogens is 409 g/mol. The van der Waals surface area contributed by atoms with Crippen molar-refractivity contribution in [3.63, 3.8) is 0 Å². The van der Waals surface area contributed by atoms with Gasteiger partial charge in [0.2, 0.25) is 5.91 Å². The van der Waals surface area contributed by atoms with E-state index in [1.165, 1.54) is 12.1 Å². The maximum Gasteiger partial charge on any atom is 0.416 e. The maximum absolute atomic E-state index is 13.1. The highest BCUT2D eigenvalue weighted by Crippen LogP contribution is 2.36. The van der Waals surface area contributed by atoms with Gasteiger partial charge in [0, 0.05) is 30.1 Å². The third-order valence-electron chi connectivity index (χ3n) is 5.64. The van der Waals surface area contributed by atoms with Crippen LogP contribution >= 0.6 is 0 Å². The average Bonchev–Trinajstić information content (AvgIpc) is 3.20. The van der Waals surface area contributed by atoms with Crippen molar-refractivity contribution in [2.45, 2.75) is 12.1 Å². The van der Waals surface area contributed by atoms with Gasteiger partial charge in [-0.3, -0.25) is 4.79 Å². The molecular formula is C23H19F3N2O3. The molecule has 3 aromatic rings. The van der Waals surface area contributed by atoms with Crippen LogP contribution < -0.4 is 5.32 Å². The summed E-state index contributed by atoms with van der Waals surface area (Å²) in [6.45, 7) is 0.00590. The number of amides is 2. The van der Waals surface area contributed by atoms with Crippen molar-refractivity contribution in [1.82, 2.24) is 4.90 Å². The molecule has 31 heavy (non-hydrogen) atoms. The first kappa shape index (κ1) is 20.7. The van der Waals surface area contributed by atoms with E-state index in [0.717, 1.165) is 27.8 Å². The topological polar surface area (TPSA) is 69.6 Å². The predicted octanol–water partition coefficient (Wildman–Crippen LogP) is 5.19. The van der Waals surface area contributed by atoms with E-state index in [-0.39, 0.29) is 19.0 Å². The van der Waals surface area contributed by atoms with E-state index in [0.29, 0.717) is 11.3 Å². The Kier molecular flexibility index (Phi) is 5.31. The Morgan fingerprint density at radius 2 is 1.61 bits per heavy atom. The lowest BCUT2D eigenvalue weighted by molar-refractivity contribution is -0.137. The van der Waals surface area contributed by atoms with Gasteiger partial charge in [0.15, 0.2) is 0 Å². The fraction of sp³-hybridized carbons (Fsp3) is 0.217. The number of fused-ring (bicyclic) bond motifs is 1. The minimum absolute atomic E-state index is 0.0301. The van der Waals surface area contributed by atoms with Crippen molar-refractivity contribution in [3.05, 3.63) is 77.9 Å². The van der Waals surface area contributed by atoms with Gasteiger partial charge < -0.3 is 15.3 Å². The van der Waals surface area contributed by atoms with Crippen molar-refractivity contribution >= 4 is 28.5 Å². The lowest BCUT2D eigenvalue weighted by Crippen LogP contribution is -2.30. The van der Waals surface area contributed by atoms with Crippen molar-refractivity contribution in [1.29, 1.82) is 0 Å². The van der Waals surface area contributed by atoms with Gasteiger partial charge in [-0.1, -0.05) is 48.5 Å². The predicted molar refractivity (Wildman–Crippen MR) is 110 cm³/mol. The van der Waals surface area contributed by atoms with E-state index in [4.69, 9.17) is 0 Å². The molecule has 2 N–H and O–H groups in total. The largest absolute Gasteiger partial charge is 0.465 e. The number of carboxylic acid groups (broad SMARTS) is 1. The van der Waals surface area contributed by atoms with Crippen LogP contribution in [0.1, 0.15) is 17.0 Å². The first-order valence-corrected chi connectivity index (χ1v) is 9.67. The molecule has 5 nitrogen and oxygen atoms in total. The summed E-state index contributed by atoms with van der Waals surface area (Å²) in [5.74, 6) is -1.65. The van der Waals surface area contributed by atoms with Crippen LogP contribution in [0, 0.1) is 5.92 Å². The van der Waals surface area contributed by atoms with Gasteiger partial charge in [0.1, 0.15) is 0 Å². The summed E-state index contributed by atoms with van der Waals surface area (Å²) in [6.07, 6.45) is -5.63. The fourth-order valence-electron chi connectivity index (χ4n) is 4.04. The number of halogens is 3. The highest BCUT2D eigenvalue weighted by molar-refractivity contribution is 6.03. The normalized spacial score (nSPS) is 18.9. The van der Waals surface area contributed by atoms with Crippen molar-refractivity contribution < 1.29 is 27.9 Å². The van der Waals surface area contributed by atoms with Crippen molar-refractivity contribution in [2.24, 2.45) is 5.92 Å². The number of nitrogens with zero attached hydrogens (tertiary/aromatic N) is 1. The Morgan fingerprint density at radius 1 is 0.935 bits per heavy atom. The molecule has 0 bridgehead atoms. The number of carbonyl (C=O) groups is 2. The first-order chi connectivity index (χ1) is 14.7. The van der Waals surface area contributed by atoms with Gasteiger partial charge in [-0.25, -0.2) is 4.79 Å². The van der Waals surface area contributed by atoms with Crippen LogP contribution in [-0.4, -0.2) is 35.1 Å². The van der Waals surface area contributed by atoms with E-state index in [1.807, 2.05) is 36.4 Å². The number of likely N-dealkylation sites (tertiary alicyclic amines) is 1. The fourth-order valence-corrected chi connectivity index (χ4v) is 4.04. The summed E-state index contributed by atoms with van der Waals surface area (Å²) in [5, 5.41) is 14.1. The van der Waals surface area contributed by atoms with Gasteiger partial charge in [0.25, 0.3) is 0 Å². The number of nitrogens with one attached hydrogen (secondary N) is 1. The van der Waals surface area contributed by atoms with E-state index in [9.17, 15) is 27.9 Å². The molecule has 0 aromatic heterocycles. The molecule has 0 unspecified atom stereocenters. The minimum Gasteiger partial charge on any atom is -0.465 e. The quantitative estimate of drug-likeness (QED) is 0.603. The molecule has 160 valence electrons. The van der Waals surface area contributed by atoms with Crippen LogP contribution in [0.5, 0.6) is 0 Å². The summed E-state index contributed by atoms with van der Waals surface area (Å²) in [5.41, 5.74) is 0.305. The standard InChI is InChI=1S/C23H19F3N2O3/c24-23(25,26)16-10-8-15(9-11-16)18-12-28(22(30)31)13-19(18)21(29)27-20-7-3-5-14-4-1-2-6-17(14)20/h1-11,18-19H,12-13H2,(H,27,29)(H,30,31)/t18-,19+/m0/s1. The molecule has 0 spiro atoms. The van der Waals surface area contributed by atoms with Crippen LogP contribution in [0.15, 0.2) is 66.7 Å². The molecule has 1 saturated heterocycles. The Balaban J connectivity index is 1.62. The lowest BCUT2D eigenvalue weighted by atomic mass is 9.87. The zero-order chi connectivity index (χ0) is 22.2. The lowest BCUT2D eigenvalue weighted by Gasteiger charge is -2.19. The Hall–Kier alpha value is -3.55. The van der Waals surface area contributed by atoms with Crippen LogP contribution in [0.3, 0.4) is 0 Å². The number of rotatable bonds is 3. The Bertz CT molecular complexity index is 1120. The van der Waals surface area contributed by atoms with Gasteiger partial charge in [-0.2, -0.15) is 13.2 Å². The molecule has 2 amide bonds. The van der Waals surface area contributed by atoms with Crippen LogP contribution in [0.25, 0.3) is 10.8 Å². The van der Waals surface area contributed by atoms with Crippen LogP contribution in [0.2, 0.25) is 0 Å². The maximum atomic E-state index is 13.1. The summed E-state index contributed by atoms with van der Waals surface area (Å²) < 4.78 is 38.7. The molecule has 0 saturated carbocycles. The second-order valence-corrected chi connectivity index (χ2v) is 7.54. The molecule has 1 aliphatic rings. The smallest absolute Gasteiger partial charge is 0.416 e. The van der Waals surface area contributed by atoms with Gasteiger partial charge in [0.05, 0.1) is 11.5 Å². The molecule has 4 rings (SSSR count).